The van der Waals surface area contributed by atoms with Gasteiger partial charge in [-0.15, -0.1) is 0 Å². The van der Waals surface area contributed by atoms with Gasteiger partial charge in [-0.3, -0.25) is 20.3 Å². The van der Waals surface area contributed by atoms with Crippen LogP contribution in [0.25, 0.3) is 11.3 Å². The molecule has 6 nitrogen and oxygen atoms in total. The van der Waals surface area contributed by atoms with E-state index in [2.05, 4.69) is 31.9 Å². The third-order valence-corrected chi connectivity index (χ3v) is 4.65. The highest BCUT2D eigenvalue weighted by molar-refractivity contribution is 9.10. The molecule has 0 saturated heterocycles. The fourth-order valence-corrected chi connectivity index (χ4v) is 3.26. The van der Waals surface area contributed by atoms with Gasteiger partial charge in [0.15, 0.2) is 0 Å². The largest absolute Gasteiger partial charge is 0.497 e. The van der Waals surface area contributed by atoms with Gasteiger partial charge in [0.2, 0.25) is 5.91 Å². The number of nitrogens with one attached hydrogen (secondary N) is 2. The van der Waals surface area contributed by atoms with Gasteiger partial charge in [0.25, 0.3) is 0 Å². The number of carbonyl (C=O) groups excluding carboxylic acids is 1. The second-order valence-corrected chi connectivity index (χ2v) is 6.96. The smallest absolute Gasteiger partial charge is 0.238 e. The molecule has 27 heavy (non-hydrogen) atoms. The first-order valence-corrected chi connectivity index (χ1v) is 9.32. The van der Waals surface area contributed by atoms with Crippen molar-refractivity contribution < 1.29 is 9.53 Å². The maximum atomic E-state index is 12.1. The van der Waals surface area contributed by atoms with Crippen LogP contribution in [0.1, 0.15) is 12.0 Å². The van der Waals surface area contributed by atoms with Crippen LogP contribution >= 0.6 is 15.9 Å². The van der Waals surface area contributed by atoms with Crippen molar-refractivity contribution in [1.82, 2.24) is 15.2 Å². The molecule has 0 radical (unpaired) electrons. The molecule has 0 aliphatic rings. The maximum Gasteiger partial charge on any atom is 0.238 e. The van der Waals surface area contributed by atoms with Crippen molar-refractivity contribution in [3.05, 3.63) is 64.8 Å². The van der Waals surface area contributed by atoms with Gasteiger partial charge < -0.3 is 4.74 Å². The number of nitrogens with zero attached hydrogens (tertiary/aromatic N) is 2. The lowest BCUT2D eigenvalue weighted by molar-refractivity contribution is -0.120. The van der Waals surface area contributed by atoms with E-state index in [1.807, 2.05) is 61.8 Å². The minimum Gasteiger partial charge on any atom is -0.497 e. The minimum atomic E-state index is -0.0739. The highest BCUT2D eigenvalue weighted by Gasteiger charge is 2.09. The maximum absolute atomic E-state index is 12.1. The molecule has 0 fully saturated rings. The molecule has 0 saturated carbocycles. The molecule has 2 aromatic carbocycles. The average Bonchev–Trinajstić information content (AvgIpc) is 3.03. The molecule has 0 bridgehead atoms. The second-order valence-electron chi connectivity index (χ2n) is 6.10. The van der Waals surface area contributed by atoms with E-state index in [0.29, 0.717) is 12.8 Å². The lowest BCUT2D eigenvalue weighted by Gasteiger charge is -2.10. The molecule has 0 unspecified atom stereocenters. The Morgan fingerprint density at radius 2 is 2.00 bits per heavy atom. The first kappa shape index (κ1) is 19.0. The van der Waals surface area contributed by atoms with Crippen LogP contribution < -0.4 is 15.6 Å². The van der Waals surface area contributed by atoms with E-state index in [1.165, 1.54) is 0 Å². The molecule has 140 valence electrons. The number of amides is 1. The predicted octanol–water partition coefficient (Wildman–Crippen LogP) is 3.93. The third kappa shape index (κ3) is 5.10. The summed E-state index contributed by atoms with van der Waals surface area (Å²) in [6.07, 6.45) is 2.96. The lowest BCUT2D eigenvalue weighted by atomic mass is 10.1. The number of aromatic nitrogens is 2. The molecule has 0 aliphatic carbocycles. The monoisotopic (exact) mass is 428 g/mol. The Labute approximate surface area is 166 Å². The normalized spacial score (nSPS) is 10.5. The summed E-state index contributed by atoms with van der Waals surface area (Å²) in [5.41, 5.74) is 9.40. The van der Waals surface area contributed by atoms with Gasteiger partial charge in [-0.05, 0) is 52.2 Å². The SMILES string of the molecule is COc1ccc(CCC(=O)NNc2cccc(-c3nn(C)cc3Br)c2)cc1. The number of methoxy groups -OCH3 is 1. The van der Waals surface area contributed by atoms with E-state index >= 15 is 0 Å². The molecule has 0 aliphatic heterocycles. The zero-order chi connectivity index (χ0) is 19.2. The lowest BCUT2D eigenvalue weighted by Crippen LogP contribution is -2.29. The standard InChI is InChI=1S/C20H21BrN4O2/c1-25-13-18(21)20(24-25)15-4-3-5-16(12-15)22-23-19(26)11-8-14-6-9-17(27-2)10-7-14/h3-7,9-10,12-13,22H,8,11H2,1-2H3,(H,23,26). The molecule has 1 aromatic heterocycles. The molecule has 7 heteroatoms. The molecular formula is C20H21BrN4O2. The molecule has 3 rings (SSSR count). The van der Waals surface area contributed by atoms with E-state index < -0.39 is 0 Å². The van der Waals surface area contributed by atoms with E-state index in [4.69, 9.17) is 4.74 Å². The Hall–Kier alpha value is -2.80. The summed E-state index contributed by atoms with van der Waals surface area (Å²) in [7, 11) is 3.51. The van der Waals surface area contributed by atoms with Gasteiger partial charge >= 0.3 is 0 Å². The number of aryl methyl sites for hydroxylation is 2. The van der Waals surface area contributed by atoms with Crippen molar-refractivity contribution in [1.29, 1.82) is 0 Å². The van der Waals surface area contributed by atoms with Crippen molar-refractivity contribution in [3.8, 4) is 17.0 Å². The van der Waals surface area contributed by atoms with Gasteiger partial charge in [-0.25, -0.2) is 0 Å². The van der Waals surface area contributed by atoms with Crippen molar-refractivity contribution in [2.45, 2.75) is 12.8 Å². The predicted molar refractivity (Wildman–Crippen MR) is 109 cm³/mol. The van der Waals surface area contributed by atoms with Crippen LogP contribution in [-0.2, 0) is 18.3 Å². The molecule has 1 amide bonds. The summed E-state index contributed by atoms with van der Waals surface area (Å²) in [5.74, 6) is 0.736. The van der Waals surface area contributed by atoms with Crippen LogP contribution in [-0.4, -0.2) is 22.8 Å². The molecule has 3 aromatic rings. The Bertz CT molecular complexity index is 922. The van der Waals surface area contributed by atoms with Crippen LogP contribution in [0.3, 0.4) is 0 Å². The Morgan fingerprint density at radius 1 is 1.22 bits per heavy atom. The molecule has 0 spiro atoms. The summed E-state index contributed by atoms with van der Waals surface area (Å²) in [6.45, 7) is 0. The molecule has 2 N–H and O–H groups in total. The van der Waals surface area contributed by atoms with Crippen LogP contribution in [0.2, 0.25) is 0 Å². The summed E-state index contributed by atoms with van der Waals surface area (Å²) >= 11 is 3.51. The number of rotatable bonds is 7. The minimum absolute atomic E-state index is 0.0739. The number of hydrogen-bond acceptors (Lipinski definition) is 4. The van der Waals surface area contributed by atoms with Crippen molar-refractivity contribution in [3.63, 3.8) is 0 Å². The highest BCUT2D eigenvalue weighted by atomic mass is 79.9. The van der Waals surface area contributed by atoms with E-state index in [9.17, 15) is 4.79 Å². The van der Waals surface area contributed by atoms with Gasteiger partial charge in [0, 0.05) is 25.2 Å². The highest BCUT2D eigenvalue weighted by Crippen LogP contribution is 2.27. The van der Waals surface area contributed by atoms with E-state index in [1.54, 1.807) is 11.8 Å². The summed E-state index contributed by atoms with van der Waals surface area (Å²) in [5, 5.41) is 4.44. The van der Waals surface area contributed by atoms with Gasteiger partial charge in [-0.2, -0.15) is 5.10 Å². The quantitative estimate of drug-likeness (QED) is 0.559. The van der Waals surface area contributed by atoms with Crippen molar-refractivity contribution in [2.75, 3.05) is 12.5 Å². The zero-order valence-electron chi connectivity index (χ0n) is 15.2. The second kappa shape index (κ2) is 8.73. The van der Waals surface area contributed by atoms with Gasteiger partial charge in [0.05, 0.1) is 17.3 Å². The van der Waals surface area contributed by atoms with Gasteiger partial charge in [0.1, 0.15) is 11.4 Å². The van der Waals surface area contributed by atoms with Crippen LogP contribution in [0.15, 0.2) is 59.2 Å². The Kier molecular flexibility index (Phi) is 6.13. The van der Waals surface area contributed by atoms with Crippen molar-refractivity contribution in [2.24, 2.45) is 7.05 Å². The topological polar surface area (TPSA) is 68.2 Å². The third-order valence-electron chi connectivity index (χ3n) is 4.07. The molecule has 0 atom stereocenters. The number of hydrogen-bond donors (Lipinski definition) is 2. The van der Waals surface area contributed by atoms with E-state index in [0.717, 1.165) is 32.7 Å². The van der Waals surface area contributed by atoms with Crippen LogP contribution in [0.5, 0.6) is 5.75 Å². The molecular weight excluding hydrogens is 408 g/mol. The summed E-state index contributed by atoms with van der Waals surface area (Å²) < 4.78 is 7.81. The van der Waals surface area contributed by atoms with Crippen LogP contribution in [0, 0.1) is 0 Å². The Morgan fingerprint density at radius 3 is 2.67 bits per heavy atom. The summed E-state index contributed by atoms with van der Waals surface area (Å²) in [6, 6.07) is 15.5. The van der Waals surface area contributed by atoms with Crippen molar-refractivity contribution >= 4 is 27.5 Å². The summed E-state index contributed by atoms with van der Waals surface area (Å²) in [4.78, 5) is 12.1. The number of benzene rings is 2. The molecule has 1 heterocycles. The number of halogens is 1. The fraction of sp³-hybridized carbons (Fsp3) is 0.200. The zero-order valence-corrected chi connectivity index (χ0v) is 16.8. The fourth-order valence-electron chi connectivity index (χ4n) is 2.65. The average molecular weight is 429 g/mol. The first-order chi connectivity index (χ1) is 13.0. The Balaban J connectivity index is 1.54. The number of carbonyl (C=O) groups is 1. The van der Waals surface area contributed by atoms with Crippen LogP contribution in [0.4, 0.5) is 5.69 Å². The number of ether oxygens (including phenoxy) is 1. The van der Waals surface area contributed by atoms with Gasteiger partial charge in [-0.1, -0.05) is 24.3 Å². The number of hydrazine groups is 1. The first-order valence-electron chi connectivity index (χ1n) is 8.52. The van der Waals surface area contributed by atoms with E-state index in [-0.39, 0.29) is 5.91 Å². The number of anilines is 1.